The summed E-state index contributed by atoms with van der Waals surface area (Å²) >= 11 is 0. The Morgan fingerprint density at radius 1 is 1.20 bits per heavy atom. The second-order valence-electron chi connectivity index (χ2n) is 5.34. The van der Waals surface area contributed by atoms with Crippen LogP contribution in [0.1, 0.15) is 50.5 Å². The maximum Gasteiger partial charge on any atom is 0.227 e. The first-order valence-electron chi connectivity index (χ1n) is 7.21. The van der Waals surface area contributed by atoms with Gasteiger partial charge in [-0.05, 0) is 31.0 Å². The fourth-order valence-electron chi connectivity index (χ4n) is 2.64. The Balaban J connectivity index is 2.01. The molecule has 0 bridgehead atoms. The van der Waals surface area contributed by atoms with Crippen molar-refractivity contribution >= 4 is 11.6 Å². The van der Waals surface area contributed by atoms with Gasteiger partial charge in [-0.15, -0.1) is 0 Å². The number of hydrogen-bond acceptors (Lipinski definition) is 2. The first kappa shape index (κ1) is 14.5. The van der Waals surface area contributed by atoms with Crippen molar-refractivity contribution < 1.29 is 9.18 Å². The number of carbonyl (C=O) groups is 1. The number of rotatable bonds is 2. The third-order valence-electron chi connectivity index (χ3n) is 3.83. The molecule has 106 valence electrons. The second kappa shape index (κ2) is 7.04. The predicted molar refractivity (Wildman–Crippen MR) is 75.6 cm³/mol. The monoisotopic (exact) mass is 274 g/mol. The molecule has 0 unspecified atom stereocenters. The summed E-state index contributed by atoms with van der Waals surface area (Å²) in [6.45, 7) is 0. The van der Waals surface area contributed by atoms with Crippen molar-refractivity contribution in [3.8, 4) is 6.07 Å². The summed E-state index contributed by atoms with van der Waals surface area (Å²) in [7, 11) is 0. The van der Waals surface area contributed by atoms with Crippen LogP contribution < -0.4 is 5.32 Å². The molecule has 0 spiro atoms. The Labute approximate surface area is 118 Å². The quantitative estimate of drug-likeness (QED) is 0.886. The third-order valence-corrected chi connectivity index (χ3v) is 3.83. The van der Waals surface area contributed by atoms with Crippen LogP contribution in [-0.2, 0) is 4.79 Å². The average molecular weight is 274 g/mol. The molecule has 0 radical (unpaired) electrons. The lowest BCUT2D eigenvalue weighted by Crippen LogP contribution is -2.24. The van der Waals surface area contributed by atoms with E-state index < -0.39 is 5.82 Å². The Bertz CT molecular complexity index is 514. The van der Waals surface area contributed by atoms with Crippen molar-refractivity contribution in [1.29, 1.82) is 5.26 Å². The van der Waals surface area contributed by atoms with Gasteiger partial charge in [-0.1, -0.05) is 32.1 Å². The van der Waals surface area contributed by atoms with Crippen LogP contribution in [0.4, 0.5) is 10.1 Å². The van der Waals surface area contributed by atoms with Crippen LogP contribution in [0.25, 0.3) is 0 Å². The van der Waals surface area contributed by atoms with Gasteiger partial charge in [0.25, 0.3) is 0 Å². The molecule has 1 fully saturated rings. The van der Waals surface area contributed by atoms with Crippen LogP contribution in [-0.4, -0.2) is 5.91 Å². The molecule has 0 atom stereocenters. The van der Waals surface area contributed by atoms with Gasteiger partial charge in [-0.2, -0.15) is 5.26 Å². The lowest BCUT2D eigenvalue weighted by Gasteiger charge is -2.19. The highest BCUT2D eigenvalue weighted by Crippen LogP contribution is 2.24. The van der Waals surface area contributed by atoms with Crippen LogP contribution in [0.2, 0.25) is 0 Å². The molecule has 0 heterocycles. The molecule has 1 N–H and O–H groups in total. The molecule has 0 aliphatic heterocycles. The zero-order valence-corrected chi connectivity index (χ0v) is 11.5. The first-order valence-corrected chi connectivity index (χ1v) is 7.21. The number of benzene rings is 1. The molecule has 1 aliphatic rings. The lowest BCUT2D eigenvalue weighted by molar-refractivity contribution is -0.120. The normalized spacial score (nSPS) is 16.8. The van der Waals surface area contributed by atoms with E-state index in [2.05, 4.69) is 5.32 Å². The summed E-state index contributed by atoms with van der Waals surface area (Å²) in [4.78, 5) is 12.2. The minimum atomic E-state index is -0.553. The fourth-order valence-corrected chi connectivity index (χ4v) is 2.64. The molecule has 1 aromatic carbocycles. The van der Waals surface area contributed by atoms with E-state index in [9.17, 15) is 9.18 Å². The highest BCUT2D eigenvalue weighted by Gasteiger charge is 2.20. The Kier molecular flexibility index (Phi) is 5.11. The highest BCUT2D eigenvalue weighted by molar-refractivity contribution is 5.92. The maximum absolute atomic E-state index is 13.7. The van der Waals surface area contributed by atoms with Crippen molar-refractivity contribution in [2.75, 3.05) is 5.32 Å². The zero-order chi connectivity index (χ0) is 14.4. The van der Waals surface area contributed by atoms with Gasteiger partial charge in [0.2, 0.25) is 5.91 Å². The average Bonchev–Trinajstić information content (AvgIpc) is 2.40. The van der Waals surface area contributed by atoms with E-state index in [0.717, 1.165) is 31.7 Å². The van der Waals surface area contributed by atoms with Gasteiger partial charge in [0.15, 0.2) is 0 Å². The Morgan fingerprint density at radius 2 is 1.85 bits per heavy atom. The number of halogens is 1. The number of carbonyl (C=O) groups excluding carboxylic acids is 1. The summed E-state index contributed by atoms with van der Waals surface area (Å²) in [6, 6.07) is 5.98. The summed E-state index contributed by atoms with van der Waals surface area (Å²) in [6.07, 6.45) is 7.48. The molecular weight excluding hydrogens is 255 g/mol. The second-order valence-corrected chi connectivity index (χ2v) is 5.34. The van der Waals surface area contributed by atoms with Gasteiger partial charge >= 0.3 is 0 Å². The van der Waals surface area contributed by atoms with E-state index in [1.807, 2.05) is 6.07 Å². The van der Waals surface area contributed by atoms with Gasteiger partial charge in [-0.25, -0.2) is 4.39 Å². The SMILES string of the molecule is N#Cc1ccc(NC(=O)C2CCCCCCC2)c(F)c1. The van der Waals surface area contributed by atoms with Crippen LogP contribution in [0.5, 0.6) is 0 Å². The molecule has 1 saturated carbocycles. The van der Waals surface area contributed by atoms with Gasteiger partial charge < -0.3 is 5.32 Å². The molecule has 1 aromatic rings. The summed E-state index contributed by atoms with van der Waals surface area (Å²) < 4.78 is 13.7. The van der Waals surface area contributed by atoms with E-state index in [-0.39, 0.29) is 23.1 Å². The van der Waals surface area contributed by atoms with E-state index >= 15 is 0 Å². The highest BCUT2D eigenvalue weighted by atomic mass is 19.1. The van der Waals surface area contributed by atoms with Crippen molar-refractivity contribution in [2.24, 2.45) is 5.92 Å². The van der Waals surface area contributed by atoms with Gasteiger partial charge in [0.1, 0.15) is 5.82 Å². The molecule has 4 heteroatoms. The van der Waals surface area contributed by atoms with E-state index in [0.29, 0.717) is 0 Å². The van der Waals surface area contributed by atoms with Crippen molar-refractivity contribution in [3.63, 3.8) is 0 Å². The molecule has 0 aromatic heterocycles. The molecule has 1 amide bonds. The lowest BCUT2D eigenvalue weighted by atomic mass is 9.90. The Hall–Kier alpha value is -1.89. The van der Waals surface area contributed by atoms with Crippen LogP contribution >= 0.6 is 0 Å². The first-order chi connectivity index (χ1) is 9.70. The summed E-state index contributed by atoms with van der Waals surface area (Å²) in [5.74, 6) is -0.677. The number of anilines is 1. The number of hydrogen-bond donors (Lipinski definition) is 1. The van der Waals surface area contributed by atoms with Crippen molar-refractivity contribution in [3.05, 3.63) is 29.6 Å². The largest absolute Gasteiger partial charge is 0.323 e. The van der Waals surface area contributed by atoms with Gasteiger partial charge in [0, 0.05) is 5.92 Å². The van der Waals surface area contributed by atoms with E-state index in [1.54, 1.807) is 0 Å². The van der Waals surface area contributed by atoms with Crippen LogP contribution in [0.15, 0.2) is 18.2 Å². The molecular formula is C16H19FN2O. The van der Waals surface area contributed by atoms with Gasteiger partial charge in [0.05, 0.1) is 17.3 Å². The van der Waals surface area contributed by atoms with Crippen LogP contribution in [0.3, 0.4) is 0 Å². The minimum Gasteiger partial charge on any atom is -0.323 e. The number of nitrogens with one attached hydrogen (secondary N) is 1. The van der Waals surface area contributed by atoms with Crippen molar-refractivity contribution in [2.45, 2.75) is 44.9 Å². The number of amides is 1. The third kappa shape index (κ3) is 3.80. The van der Waals surface area contributed by atoms with Crippen molar-refractivity contribution in [1.82, 2.24) is 0 Å². The molecule has 1 aliphatic carbocycles. The predicted octanol–water partition coefficient (Wildman–Crippen LogP) is 4.00. The van der Waals surface area contributed by atoms with Gasteiger partial charge in [-0.3, -0.25) is 4.79 Å². The zero-order valence-electron chi connectivity index (χ0n) is 11.5. The number of nitrogens with zero attached hydrogens (tertiary/aromatic N) is 1. The van der Waals surface area contributed by atoms with E-state index in [1.165, 1.54) is 31.4 Å². The van der Waals surface area contributed by atoms with Crippen LogP contribution in [0, 0.1) is 23.1 Å². The molecule has 2 rings (SSSR count). The Morgan fingerprint density at radius 3 is 2.45 bits per heavy atom. The number of nitriles is 1. The maximum atomic E-state index is 13.7. The summed E-state index contributed by atoms with van der Waals surface area (Å²) in [5.41, 5.74) is 0.419. The summed E-state index contributed by atoms with van der Waals surface area (Å²) in [5, 5.41) is 11.3. The standard InChI is InChI=1S/C16H19FN2O/c17-14-10-12(11-18)8-9-15(14)19-16(20)13-6-4-2-1-3-5-7-13/h8-10,13H,1-7H2,(H,19,20). The fraction of sp³-hybridized carbons (Fsp3) is 0.500. The topological polar surface area (TPSA) is 52.9 Å². The molecule has 0 saturated heterocycles. The smallest absolute Gasteiger partial charge is 0.227 e. The van der Waals surface area contributed by atoms with E-state index in [4.69, 9.17) is 5.26 Å². The molecule has 3 nitrogen and oxygen atoms in total. The minimum absolute atomic E-state index is 0.0228. The molecule has 20 heavy (non-hydrogen) atoms.